The first kappa shape index (κ1) is 16.8. The predicted molar refractivity (Wildman–Crippen MR) is 83.1 cm³/mol. The lowest BCUT2D eigenvalue weighted by molar-refractivity contribution is 0.0699. The number of nitrogens with zero attached hydrogens (tertiary/aromatic N) is 1. The topological polar surface area (TPSA) is 42.9 Å². The van der Waals surface area contributed by atoms with Crippen LogP contribution in [0.2, 0.25) is 0 Å². The van der Waals surface area contributed by atoms with Crippen LogP contribution in [-0.2, 0) is 9.47 Å². The molecule has 1 unspecified atom stereocenters. The molecular weight excluding hydrogens is 260 g/mol. The molecule has 0 fully saturated rings. The van der Waals surface area contributed by atoms with Crippen molar-refractivity contribution in [1.82, 2.24) is 5.32 Å². The Balaban J connectivity index is 2.00. The Hall–Kier alpha value is -0.260. The molecule has 19 heavy (non-hydrogen) atoms. The Labute approximate surface area is 121 Å². The minimum absolute atomic E-state index is 0.387. The summed E-state index contributed by atoms with van der Waals surface area (Å²) in [7, 11) is 1.69. The lowest BCUT2D eigenvalue weighted by Gasteiger charge is -2.21. The maximum Gasteiger partial charge on any atom is 0.156 e. The highest BCUT2D eigenvalue weighted by Gasteiger charge is 2.24. The van der Waals surface area contributed by atoms with Crippen LogP contribution in [0.4, 0.5) is 0 Å². The lowest BCUT2D eigenvalue weighted by Crippen LogP contribution is -2.22. The zero-order valence-corrected chi connectivity index (χ0v) is 13.5. The number of hydrogen-bond donors (Lipinski definition) is 1. The van der Waals surface area contributed by atoms with Gasteiger partial charge in [0.1, 0.15) is 0 Å². The summed E-state index contributed by atoms with van der Waals surface area (Å²) in [5.74, 6) is 0. The van der Waals surface area contributed by atoms with Crippen molar-refractivity contribution in [2.75, 3.05) is 40.0 Å². The van der Waals surface area contributed by atoms with Crippen molar-refractivity contribution in [3.8, 4) is 0 Å². The summed E-state index contributed by atoms with van der Waals surface area (Å²) in [5.41, 5.74) is 0.387. The van der Waals surface area contributed by atoms with Gasteiger partial charge in [-0.3, -0.25) is 4.99 Å². The second-order valence-electron chi connectivity index (χ2n) is 6.04. The second-order valence-corrected chi connectivity index (χ2v) is 7.33. The van der Waals surface area contributed by atoms with Gasteiger partial charge in [0.15, 0.2) is 5.17 Å². The third-order valence-electron chi connectivity index (χ3n) is 2.73. The smallest absolute Gasteiger partial charge is 0.156 e. The van der Waals surface area contributed by atoms with Crippen molar-refractivity contribution >= 4 is 16.9 Å². The SMILES string of the molecule is COCCOCCCNC1=NCC(CC(C)(C)C)S1. The zero-order valence-electron chi connectivity index (χ0n) is 12.7. The van der Waals surface area contributed by atoms with E-state index in [9.17, 15) is 0 Å². The highest BCUT2D eigenvalue weighted by atomic mass is 32.2. The van der Waals surface area contributed by atoms with Gasteiger partial charge in [-0.25, -0.2) is 0 Å². The zero-order chi connectivity index (χ0) is 14.1. The van der Waals surface area contributed by atoms with Crippen LogP contribution in [0.3, 0.4) is 0 Å². The maximum atomic E-state index is 5.41. The van der Waals surface area contributed by atoms with Gasteiger partial charge >= 0.3 is 0 Å². The summed E-state index contributed by atoms with van der Waals surface area (Å²) in [6.45, 7) is 10.9. The first-order valence-corrected chi connectivity index (χ1v) is 7.91. The molecule has 0 radical (unpaired) electrons. The first-order valence-electron chi connectivity index (χ1n) is 7.03. The Morgan fingerprint density at radius 2 is 2.11 bits per heavy atom. The molecule has 4 nitrogen and oxygen atoms in total. The van der Waals surface area contributed by atoms with Crippen molar-refractivity contribution in [3.05, 3.63) is 0 Å². The second kappa shape index (κ2) is 8.82. The van der Waals surface area contributed by atoms with Crippen LogP contribution in [0.1, 0.15) is 33.6 Å². The predicted octanol–water partition coefficient (Wildman–Crippen LogP) is 2.54. The van der Waals surface area contributed by atoms with E-state index in [2.05, 4.69) is 31.1 Å². The largest absolute Gasteiger partial charge is 0.382 e. The van der Waals surface area contributed by atoms with Crippen LogP contribution in [0.15, 0.2) is 4.99 Å². The van der Waals surface area contributed by atoms with Gasteiger partial charge in [0.25, 0.3) is 0 Å². The molecule has 1 rings (SSSR count). The van der Waals surface area contributed by atoms with Gasteiger partial charge in [-0.05, 0) is 18.3 Å². The van der Waals surface area contributed by atoms with Gasteiger partial charge in [0.05, 0.1) is 19.8 Å². The molecule has 0 spiro atoms. The minimum atomic E-state index is 0.387. The highest BCUT2D eigenvalue weighted by Crippen LogP contribution is 2.31. The number of ether oxygens (including phenoxy) is 2. The standard InChI is InChI=1S/C14H28N2O2S/c1-14(2,3)10-12-11-16-13(19-12)15-6-5-7-18-9-8-17-4/h12H,5-11H2,1-4H3,(H,15,16). The molecule has 5 heteroatoms. The summed E-state index contributed by atoms with van der Waals surface area (Å²) >= 11 is 1.89. The number of amidine groups is 1. The van der Waals surface area contributed by atoms with Crippen LogP contribution >= 0.6 is 11.8 Å². The molecule has 0 aromatic rings. The van der Waals surface area contributed by atoms with Gasteiger partial charge < -0.3 is 14.8 Å². The monoisotopic (exact) mass is 288 g/mol. The van der Waals surface area contributed by atoms with E-state index in [-0.39, 0.29) is 0 Å². The molecule has 1 N–H and O–H groups in total. The normalized spacial score (nSPS) is 19.6. The van der Waals surface area contributed by atoms with E-state index in [1.807, 2.05) is 11.8 Å². The van der Waals surface area contributed by atoms with Gasteiger partial charge in [0, 0.05) is 25.5 Å². The fraction of sp³-hybridized carbons (Fsp3) is 0.929. The van der Waals surface area contributed by atoms with Gasteiger partial charge in [-0.15, -0.1) is 0 Å². The molecule has 112 valence electrons. The summed E-state index contributed by atoms with van der Waals surface area (Å²) in [6.07, 6.45) is 2.22. The van der Waals surface area contributed by atoms with Gasteiger partial charge in [0.2, 0.25) is 0 Å². The number of rotatable bonds is 8. The maximum absolute atomic E-state index is 5.41. The van der Waals surface area contributed by atoms with Gasteiger partial charge in [-0.2, -0.15) is 0 Å². The molecule has 1 heterocycles. The number of methoxy groups -OCH3 is 1. The number of nitrogens with one attached hydrogen (secondary N) is 1. The number of aliphatic imine (C=N–C) groups is 1. The van der Waals surface area contributed by atoms with Crippen LogP contribution < -0.4 is 5.32 Å². The van der Waals surface area contributed by atoms with Crippen LogP contribution in [0.25, 0.3) is 0 Å². The number of hydrogen-bond acceptors (Lipinski definition) is 5. The van der Waals surface area contributed by atoms with Crippen molar-refractivity contribution in [1.29, 1.82) is 0 Å². The molecule has 0 aromatic heterocycles. The Kier molecular flexibility index (Phi) is 7.80. The summed E-state index contributed by atoms with van der Waals surface area (Å²) in [4.78, 5) is 4.56. The molecule has 0 aromatic carbocycles. The third kappa shape index (κ3) is 8.50. The van der Waals surface area contributed by atoms with E-state index in [0.29, 0.717) is 23.9 Å². The molecule has 1 atom stereocenters. The molecule has 1 aliphatic rings. The molecule has 0 saturated heterocycles. The highest BCUT2D eigenvalue weighted by molar-refractivity contribution is 8.14. The van der Waals surface area contributed by atoms with E-state index in [1.54, 1.807) is 7.11 Å². The van der Waals surface area contributed by atoms with Crippen LogP contribution in [0, 0.1) is 5.41 Å². The van der Waals surface area contributed by atoms with E-state index in [4.69, 9.17) is 9.47 Å². The van der Waals surface area contributed by atoms with E-state index >= 15 is 0 Å². The van der Waals surface area contributed by atoms with E-state index < -0.39 is 0 Å². The molecule has 0 aliphatic carbocycles. The number of thioether (sulfide) groups is 1. The third-order valence-corrected chi connectivity index (χ3v) is 3.88. The van der Waals surface area contributed by atoms with E-state index in [0.717, 1.165) is 31.3 Å². The van der Waals surface area contributed by atoms with Crippen molar-refractivity contribution < 1.29 is 9.47 Å². The fourth-order valence-electron chi connectivity index (χ4n) is 1.92. The lowest BCUT2D eigenvalue weighted by atomic mass is 9.90. The minimum Gasteiger partial charge on any atom is -0.382 e. The molecule has 0 bridgehead atoms. The Morgan fingerprint density at radius 3 is 2.79 bits per heavy atom. The Bertz CT molecular complexity index is 277. The van der Waals surface area contributed by atoms with Crippen LogP contribution in [-0.4, -0.2) is 50.4 Å². The molecule has 1 aliphatic heterocycles. The fourth-order valence-corrected chi connectivity index (χ4v) is 3.30. The van der Waals surface area contributed by atoms with Crippen LogP contribution in [0.5, 0.6) is 0 Å². The quantitative estimate of drug-likeness (QED) is 0.697. The summed E-state index contributed by atoms with van der Waals surface area (Å²) < 4.78 is 10.3. The van der Waals surface area contributed by atoms with Crippen molar-refractivity contribution in [3.63, 3.8) is 0 Å². The van der Waals surface area contributed by atoms with Crippen molar-refractivity contribution in [2.45, 2.75) is 38.9 Å². The first-order chi connectivity index (χ1) is 9.01. The molecular formula is C14H28N2O2S. The van der Waals surface area contributed by atoms with Crippen molar-refractivity contribution in [2.24, 2.45) is 10.4 Å². The molecule has 0 amide bonds. The van der Waals surface area contributed by atoms with Gasteiger partial charge in [-0.1, -0.05) is 32.5 Å². The summed E-state index contributed by atoms with van der Waals surface area (Å²) in [6, 6.07) is 0. The average Bonchev–Trinajstić information content (AvgIpc) is 2.73. The Morgan fingerprint density at radius 1 is 1.32 bits per heavy atom. The summed E-state index contributed by atoms with van der Waals surface area (Å²) in [5, 5.41) is 5.13. The average molecular weight is 288 g/mol. The molecule has 0 saturated carbocycles. The van der Waals surface area contributed by atoms with E-state index in [1.165, 1.54) is 6.42 Å².